The van der Waals surface area contributed by atoms with E-state index in [1.165, 1.54) is 17.7 Å². The molecule has 2 N–H and O–H groups in total. The molecule has 0 amide bonds. The van der Waals surface area contributed by atoms with Gasteiger partial charge in [-0.25, -0.2) is 8.78 Å². The number of aliphatic imine (C=N–C) groups is 1. The zero-order valence-corrected chi connectivity index (χ0v) is 15.9. The first kappa shape index (κ1) is 18.9. The summed E-state index contributed by atoms with van der Waals surface area (Å²) in [5, 5.41) is 0.166. The zero-order chi connectivity index (χ0) is 17.7. The second-order valence-electron chi connectivity index (χ2n) is 5.51. The Morgan fingerprint density at radius 1 is 1.21 bits per heavy atom. The molecule has 1 aliphatic heterocycles. The van der Waals surface area contributed by atoms with Crippen molar-refractivity contribution in [3.63, 3.8) is 0 Å². The topological polar surface area (TPSA) is 38.4 Å². The van der Waals surface area contributed by atoms with Crippen LogP contribution in [0.5, 0.6) is 0 Å². The van der Waals surface area contributed by atoms with E-state index >= 15 is 0 Å². The van der Waals surface area contributed by atoms with Gasteiger partial charge in [0.05, 0.1) is 11.3 Å². The quantitative estimate of drug-likeness (QED) is 0.693. The van der Waals surface area contributed by atoms with E-state index in [0.29, 0.717) is 17.2 Å². The number of halogens is 3. The van der Waals surface area contributed by atoms with E-state index < -0.39 is 11.6 Å². The number of nitrogens with two attached hydrogens (primary N) is 1. The first-order valence-corrected chi connectivity index (χ1v) is 9.33. The molecule has 0 aliphatic carbocycles. The fraction of sp³-hybridized carbons (Fsp3) is 0.278. The van der Waals surface area contributed by atoms with Gasteiger partial charge in [0.15, 0.2) is 0 Å². The van der Waals surface area contributed by atoms with Gasteiger partial charge in [0.2, 0.25) is 0 Å². The van der Waals surface area contributed by atoms with Gasteiger partial charge in [-0.1, -0.05) is 39.7 Å². The molecule has 2 unspecified atom stereocenters. The van der Waals surface area contributed by atoms with Gasteiger partial charge in [0, 0.05) is 21.9 Å². The van der Waals surface area contributed by atoms with Crippen molar-refractivity contribution in [2.24, 2.45) is 10.7 Å². The molecule has 128 valence electrons. The summed E-state index contributed by atoms with van der Waals surface area (Å²) in [6, 6.07) is 11.5. The number of nitrogens with zero attached hydrogens (tertiary/aromatic N) is 1. The summed E-state index contributed by atoms with van der Waals surface area (Å²) in [6.45, 7) is 4.03. The van der Waals surface area contributed by atoms with Crippen LogP contribution in [0, 0.1) is 18.6 Å². The van der Waals surface area contributed by atoms with Crippen LogP contribution < -0.4 is 5.73 Å². The van der Waals surface area contributed by atoms with Crippen molar-refractivity contribution in [2.75, 3.05) is 5.75 Å². The number of amidine groups is 1. The number of hydrogen-bond donors (Lipinski definition) is 1. The van der Waals surface area contributed by atoms with E-state index in [4.69, 9.17) is 5.73 Å². The second-order valence-corrected chi connectivity index (χ2v) is 7.80. The van der Waals surface area contributed by atoms with Gasteiger partial charge in [-0.15, -0.1) is 11.8 Å². The highest BCUT2D eigenvalue weighted by Gasteiger charge is 2.23. The van der Waals surface area contributed by atoms with Crippen LogP contribution in [-0.4, -0.2) is 16.8 Å². The number of rotatable bonds is 1. The van der Waals surface area contributed by atoms with Crippen molar-refractivity contribution < 1.29 is 8.78 Å². The lowest BCUT2D eigenvalue weighted by Crippen LogP contribution is -2.29. The Hall–Kier alpha value is -1.40. The molecule has 0 spiro atoms. The van der Waals surface area contributed by atoms with Crippen molar-refractivity contribution in [2.45, 2.75) is 25.1 Å². The lowest BCUT2D eigenvalue weighted by molar-refractivity contribution is 0.563. The first-order valence-electron chi connectivity index (χ1n) is 7.48. The van der Waals surface area contributed by atoms with Crippen LogP contribution in [0.2, 0.25) is 0 Å². The highest BCUT2D eigenvalue weighted by atomic mass is 79.9. The van der Waals surface area contributed by atoms with Gasteiger partial charge >= 0.3 is 0 Å². The second kappa shape index (κ2) is 8.62. The average molecular weight is 413 g/mol. The molecule has 2 aromatic carbocycles. The first-order chi connectivity index (χ1) is 11.4. The van der Waals surface area contributed by atoms with E-state index in [0.717, 1.165) is 10.5 Å². The van der Waals surface area contributed by atoms with Crippen LogP contribution in [0.25, 0.3) is 0 Å². The van der Waals surface area contributed by atoms with Crippen molar-refractivity contribution in [1.29, 1.82) is 0 Å². The molecule has 3 rings (SSSR count). The minimum absolute atomic E-state index is 0.166. The van der Waals surface area contributed by atoms with E-state index in [1.54, 1.807) is 11.8 Å². The van der Waals surface area contributed by atoms with Crippen LogP contribution >= 0.6 is 27.7 Å². The maximum absolute atomic E-state index is 13.5. The Labute approximate surface area is 153 Å². The Balaban J connectivity index is 0.000000219. The van der Waals surface area contributed by atoms with Crippen molar-refractivity contribution in [1.82, 2.24) is 0 Å². The van der Waals surface area contributed by atoms with Crippen molar-refractivity contribution in [3.8, 4) is 0 Å². The van der Waals surface area contributed by atoms with Gasteiger partial charge in [0.1, 0.15) is 17.5 Å². The minimum Gasteiger partial charge on any atom is -0.387 e. The van der Waals surface area contributed by atoms with E-state index in [1.807, 2.05) is 19.1 Å². The predicted molar refractivity (Wildman–Crippen MR) is 102 cm³/mol. The fourth-order valence-corrected chi connectivity index (χ4v) is 3.65. The molecule has 1 aliphatic rings. The maximum atomic E-state index is 13.5. The van der Waals surface area contributed by atoms with Gasteiger partial charge in [0.25, 0.3) is 0 Å². The van der Waals surface area contributed by atoms with Crippen LogP contribution in [0.4, 0.5) is 8.78 Å². The SMILES string of the molecule is CC1SCC(c2ccc(F)cc2F)N=C1N.Cc1cccc(Br)c1. The van der Waals surface area contributed by atoms with E-state index in [-0.39, 0.29) is 11.3 Å². The summed E-state index contributed by atoms with van der Waals surface area (Å²) >= 11 is 4.99. The summed E-state index contributed by atoms with van der Waals surface area (Å²) in [4.78, 5) is 4.24. The molecular weight excluding hydrogens is 394 g/mol. The molecule has 6 heteroatoms. The van der Waals surface area contributed by atoms with Crippen LogP contribution in [-0.2, 0) is 0 Å². The Kier molecular flexibility index (Phi) is 6.80. The summed E-state index contributed by atoms with van der Waals surface area (Å²) in [6.07, 6.45) is 0. The minimum atomic E-state index is -0.574. The molecule has 1 heterocycles. The molecular formula is C18H19BrF2N2S. The van der Waals surface area contributed by atoms with Gasteiger partial charge in [-0.3, -0.25) is 4.99 Å². The van der Waals surface area contributed by atoms with E-state index in [9.17, 15) is 8.78 Å². The van der Waals surface area contributed by atoms with Crippen LogP contribution in [0.15, 0.2) is 51.9 Å². The van der Waals surface area contributed by atoms with Crippen molar-refractivity contribution >= 4 is 33.5 Å². The number of hydrogen-bond acceptors (Lipinski definition) is 3. The smallest absolute Gasteiger partial charge is 0.131 e. The molecule has 0 bridgehead atoms. The number of benzene rings is 2. The van der Waals surface area contributed by atoms with Gasteiger partial charge < -0.3 is 5.73 Å². The molecule has 0 fully saturated rings. The zero-order valence-electron chi connectivity index (χ0n) is 13.5. The molecule has 24 heavy (non-hydrogen) atoms. The van der Waals surface area contributed by atoms with Gasteiger partial charge in [-0.05, 0) is 32.0 Å². The third kappa shape index (κ3) is 5.31. The number of thioether (sulfide) groups is 1. The Morgan fingerprint density at radius 2 is 1.96 bits per heavy atom. The molecule has 2 aromatic rings. The van der Waals surface area contributed by atoms with Gasteiger partial charge in [-0.2, -0.15) is 0 Å². The molecule has 0 radical (unpaired) electrons. The Bertz CT molecular complexity index is 719. The summed E-state index contributed by atoms with van der Waals surface area (Å²) in [5.74, 6) is 0.0569. The highest BCUT2D eigenvalue weighted by molar-refractivity contribution is 9.10. The van der Waals surface area contributed by atoms with Crippen LogP contribution in [0.3, 0.4) is 0 Å². The summed E-state index contributed by atoms with van der Waals surface area (Å²) < 4.78 is 27.4. The third-order valence-corrected chi connectivity index (χ3v) is 5.27. The standard InChI is InChI=1S/C11H12F2N2S.C7H7Br/c1-6-11(14)15-10(5-16-6)8-3-2-7(12)4-9(8)13;1-6-3-2-4-7(8)5-6/h2-4,6,10H,5H2,1H3,(H2,14,15);2-5H,1H3. The summed E-state index contributed by atoms with van der Waals surface area (Å²) in [7, 11) is 0. The lowest BCUT2D eigenvalue weighted by atomic mass is 10.1. The largest absolute Gasteiger partial charge is 0.387 e. The molecule has 0 saturated carbocycles. The summed E-state index contributed by atoms with van der Waals surface area (Å²) in [5.41, 5.74) is 7.42. The van der Waals surface area contributed by atoms with Crippen molar-refractivity contribution in [3.05, 3.63) is 69.7 Å². The molecule has 0 aromatic heterocycles. The Morgan fingerprint density at radius 3 is 2.50 bits per heavy atom. The fourth-order valence-electron chi connectivity index (χ4n) is 2.18. The molecule has 2 nitrogen and oxygen atoms in total. The monoisotopic (exact) mass is 412 g/mol. The highest BCUT2D eigenvalue weighted by Crippen LogP contribution is 2.31. The average Bonchev–Trinajstić information content (AvgIpc) is 2.51. The normalized spacial score (nSPS) is 20.0. The lowest BCUT2D eigenvalue weighted by Gasteiger charge is -2.23. The maximum Gasteiger partial charge on any atom is 0.131 e. The third-order valence-electron chi connectivity index (χ3n) is 3.53. The number of aryl methyl sites for hydroxylation is 1. The molecule has 0 saturated heterocycles. The van der Waals surface area contributed by atoms with E-state index in [2.05, 4.69) is 40.0 Å². The predicted octanol–water partition coefficient (Wildman–Crippen LogP) is 5.26. The van der Waals surface area contributed by atoms with Crippen LogP contribution in [0.1, 0.15) is 24.1 Å². The molecule has 2 atom stereocenters.